The SMILES string of the molecule is CCCCCCC/C=C\C/C=C\C/C=C\CCCCCCCCCCC(=O)NC(COC1OC(CO)C(O)C(O)C1O)C(O)/C=C/CC/C=C/CCCCCCCCCCCCCC. The molecule has 1 amide bonds. The van der Waals surface area contributed by atoms with Gasteiger partial charge in [0.05, 0.1) is 25.4 Å². The van der Waals surface area contributed by atoms with Gasteiger partial charge in [-0.1, -0.05) is 209 Å². The van der Waals surface area contributed by atoms with Gasteiger partial charge in [-0.2, -0.15) is 0 Å². The largest absolute Gasteiger partial charge is 0.394 e. The van der Waals surface area contributed by atoms with E-state index in [4.69, 9.17) is 9.47 Å². The molecular weight excluding hydrogens is 803 g/mol. The molecule has 1 fully saturated rings. The number of unbranched alkanes of at least 4 members (excludes halogenated alkanes) is 26. The smallest absolute Gasteiger partial charge is 0.220 e. The average molecular weight is 902 g/mol. The van der Waals surface area contributed by atoms with Crippen LogP contribution in [0.4, 0.5) is 0 Å². The van der Waals surface area contributed by atoms with E-state index >= 15 is 0 Å². The molecule has 0 aromatic rings. The number of aliphatic hydroxyl groups excluding tert-OH is 5. The predicted molar refractivity (Wildman–Crippen MR) is 267 cm³/mol. The van der Waals surface area contributed by atoms with E-state index < -0.39 is 49.5 Å². The Hall–Kier alpha value is -2.11. The number of rotatable bonds is 44. The highest BCUT2D eigenvalue weighted by molar-refractivity contribution is 5.76. The zero-order chi connectivity index (χ0) is 46.6. The Balaban J connectivity index is 2.31. The average Bonchev–Trinajstić information content (AvgIpc) is 3.29. The van der Waals surface area contributed by atoms with Gasteiger partial charge < -0.3 is 40.3 Å². The Labute approximate surface area is 392 Å². The summed E-state index contributed by atoms with van der Waals surface area (Å²) in [6.45, 7) is 3.75. The van der Waals surface area contributed by atoms with Crippen LogP contribution < -0.4 is 5.32 Å². The monoisotopic (exact) mass is 902 g/mol. The van der Waals surface area contributed by atoms with E-state index in [1.54, 1.807) is 6.08 Å². The molecule has 64 heavy (non-hydrogen) atoms. The molecule has 6 N–H and O–H groups in total. The maximum atomic E-state index is 13.0. The van der Waals surface area contributed by atoms with Crippen molar-refractivity contribution in [3.05, 3.63) is 60.8 Å². The van der Waals surface area contributed by atoms with Gasteiger partial charge in [-0.25, -0.2) is 0 Å². The van der Waals surface area contributed by atoms with Gasteiger partial charge in [0.15, 0.2) is 6.29 Å². The van der Waals surface area contributed by atoms with Crippen molar-refractivity contribution in [2.24, 2.45) is 0 Å². The number of hydrogen-bond acceptors (Lipinski definition) is 8. The number of ether oxygens (including phenoxy) is 2. The first kappa shape index (κ1) is 59.9. The number of amides is 1. The van der Waals surface area contributed by atoms with Gasteiger partial charge in [0.1, 0.15) is 24.4 Å². The number of nitrogens with one attached hydrogen (secondary N) is 1. The molecule has 372 valence electrons. The van der Waals surface area contributed by atoms with E-state index in [9.17, 15) is 30.3 Å². The Morgan fingerprint density at radius 1 is 0.531 bits per heavy atom. The predicted octanol–water partition coefficient (Wildman–Crippen LogP) is 12.3. The summed E-state index contributed by atoms with van der Waals surface area (Å²) in [5.74, 6) is -0.195. The molecule has 9 heteroatoms. The van der Waals surface area contributed by atoms with Crippen LogP contribution in [-0.4, -0.2) is 87.5 Å². The zero-order valence-corrected chi connectivity index (χ0v) is 41.0. The Morgan fingerprint density at radius 3 is 1.42 bits per heavy atom. The van der Waals surface area contributed by atoms with Crippen LogP contribution in [0.1, 0.15) is 226 Å². The van der Waals surface area contributed by atoms with Gasteiger partial charge in [-0.15, -0.1) is 0 Å². The molecule has 0 aromatic carbocycles. The Bertz CT molecular complexity index is 1180. The highest BCUT2D eigenvalue weighted by Crippen LogP contribution is 2.23. The van der Waals surface area contributed by atoms with Crippen molar-refractivity contribution >= 4 is 5.91 Å². The lowest BCUT2D eigenvalue weighted by atomic mass is 9.99. The quantitative estimate of drug-likeness (QED) is 0.0262. The summed E-state index contributed by atoms with van der Waals surface area (Å²) in [6, 6.07) is -0.828. The second kappa shape index (κ2) is 44.7. The molecular formula is C55H99NO8. The van der Waals surface area contributed by atoms with E-state index in [-0.39, 0.29) is 12.5 Å². The third-order valence-electron chi connectivity index (χ3n) is 12.3. The molecule has 1 saturated heterocycles. The minimum Gasteiger partial charge on any atom is -0.394 e. The van der Waals surface area contributed by atoms with Gasteiger partial charge >= 0.3 is 0 Å². The molecule has 0 bridgehead atoms. The van der Waals surface area contributed by atoms with E-state index in [0.717, 1.165) is 64.2 Å². The molecule has 7 atom stereocenters. The molecule has 0 aromatic heterocycles. The molecule has 0 spiro atoms. The van der Waals surface area contributed by atoms with Gasteiger partial charge in [-0.3, -0.25) is 4.79 Å². The fourth-order valence-corrected chi connectivity index (χ4v) is 8.06. The van der Waals surface area contributed by atoms with Crippen LogP contribution in [0, 0.1) is 0 Å². The molecule has 0 aliphatic carbocycles. The third kappa shape index (κ3) is 34.2. The van der Waals surface area contributed by atoms with Crippen LogP contribution >= 0.6 is 0 Å². The zero-order valence-electron chi connectivity index (χ0n) is 41.0. The minimum absolute atomic E-state index is 0.195. The standard InChI is InChI=1S/C55H99NO8/c1-3-5-7-9-11-13-15-17-19-21-23-24-25-26-27-29-31-33-35-37-39-41-43-45-51(59)56-48(47-63-55-54(62)53(61)52(60)50(46-57)64-55)49(58)44-42-40-38-36-34-32-30-28-22-20-18-16-14-12-10-8-6-4-2/h15,17,21,23,25-26,34,36,42,44,48-50,52-55,57-58,60-62H,3-14,16,18-20,22,24,27-33,35,37-41,43,45-47H2,1-2H3,(H,56,59)/b17-15-,23-21-,26-25-,36-34+,44-42+. The van der Waals surface area contributed by atoms with Crippen LogP contribution in [0.25, 0.3) is 0 Å². The summed E-state index contributed by atoms with van der Waals surface area (Å²) in [5, 5.41) is 54.4. The lowest BCUT2D eigenvalue weighted by molar-refractivity contribution is -0.302. The van der Waals surface area contributed by atoms with Gasteiger partial charge in [0, 0.05) is 6.42 Å². The first-order valence-electron chi connectivity index (χ1n) is 26.5. The maximum absolute atomic E-state index is 13.0. The normalized spacial score (nSPS) is 20.5. The number of aliphatic hydroxyl groups is 5. The minimum atomic E-state index is -1.58. The summed E-state index contributed by atoms with van der Waals surface area (Å²) in [4.78, 5) is 13.0. The van der Waals surface area contributed by atoms with Crippen LogP contribution in [0.5, 0.6) is 0 Å². The number of allylic oxidation sites excluding steroid dienone is 9. The first-order valence-corrected chi connectivity index (χ1v) is 26.5. The van der Waals surface area contributed by atoms with Gasteiger partial charge in [0.2, 0.25) is 5.91 Å². The number of hydrogen-bond donors (Lipinski definition) is 6. The number of carbonyl (C=O) groups is 1. The van der Waals surface area contributed by atoms with E-state index in [0.29, 0.717) is 6.42 Å². The van der Waals surface area contributed by atoms with Crippen molar-refractivity contribution in [1.29, 1.82) is 0 Å². The second-order valence-electron chi connectivity index (χ2n) is 18.3. The van der Waals surface area contributed by atoms with Crippen molar-refractivity contribution in [3.8, 4) is 0 Å². The topological polar surface area (TPSA) is 149 Å². The summed E-state index contributed by atoms with van der Waals surface area (Å²) in [7, 11) is 0. The molecule has 1 aliphatic rings. The van der Waals surface area contributed by atoms with E-state index in [1.165, 1.54) is 141 Å². The number of carbonyl (C=O) groups excluding carboxylic acids is 1. The first-order chi connectivity index (χ1) is 31.3. The van der Waals surface area contributed by atoms with Crippen LogP contribution in [0.15, 0.2) is 60.8 Å². The lowest BCUT2D eigenvalue weighted by Crippen LogP contribution is -2.60. The van der Waals surface area contributed by atoms with Crippen LogP contribution in [0.2, 0.25) is 0 Å². The van der Waals surface area contributed by atoms with E-state index in [1.807, 2.05) is 6.08 Å². The summed E-state index contributed by atoms with van der Waals surface area (Å²) in [6.07, 6.45) is 52.7. The molecule has 1 rings (SSSR count). The highest BCUT2D eigenvalue weighted by Gasteiger charge is 2.44. The van der Waals surface area contributed by atoms with Crippen molar-refractivity contribution in [1.82, 2.24) is 5.32 Å². The summed E-state index contributed by atoms with van der Waals surface area (Å²) >= 11 is 0. The van der Waals surface area contributed by atoms with Crippen molar-refractivity contribution in [3.63, 3.8) is 0 Å². The molecule has 9 nitrogen and oxygen atoms in total. The van der Waals surface area contributed by atoms with Crippen LogP contribution in [0.3, 0.4) is 0 Å². The summed E-state index contributed by atoms with van der Waals surface area (Å²) < 4.78 is 11.2. The fraction of sp³-hybridized carbons (Fsp3) is 0.800. The van der Waals surface area contributed by atoms with Crippen molar-refractivity contribution in [2.75, 3.05) is 13.2 Å². The molecule has 0 radical (unpaired) electrons. The fourth-order valence-electron chi connectivity index (χ4n) is 8.06. The Kier molecular flexibility index (Phi) is 41.9. The van der Waals surface area contributed by atoms with Gasteiger partial charge in [-0.05, 0) is 70.6 Å². The van der Waals surface area contributed by atoms with Crippen molar-refractivity contribution in [2.45, 2.75) is 269 Å². The summed E-state index contributed by atoms with van der Waals surface area (Å²) in [5.41, 5.74) is 0. The third-order valence-corrected chi connectivity index (χ3v) is 12.3. The Morgan fingerprint density at radius 2 is 0.938 bits per heavy atom. The van der Waals surface area contributed by atoms with Crippen molar-refractivity contribution < 1.29 is 39.8 Å². The van der Waals surface area contributed by atoms with E-state index in [2.05, 4.69) is 67.8 Å². The molecule has 7 unspecified atom stereocenters. The molecule has 1 heterocycles. The lowest BCUT2D eigenvalue weighted by Gasteiger charge is -2.40. The van der Waals surface area contributed by atoms with Crippen LogP contribution in [-0.2, 0) is 14.3 Å². The molecule has 1 aliphatic heterocycles. The van der Waals surface area contributed by atoms with Gasteiger partial charge in [0.25, 0.3) is 0 Å². The second-order valence-corrected chi connectivity index (χ2v) is 18.3. The molecule has 0 saturated carbocycles. The maximum Gasteiger partial charge on any atom is 0.220 e. The highest BCUT2D eigenvalue weighted by atomic mass is 16.7.